The smallest absolute Gasteiger partial charge is 0.253 e. The molecule has 148 valence electrons. The molecule has 1 N–H and O–H groups in total. The zero-order chi connectivity index (χ0) is 20.2. The highest BCUT2D eigenvalue weighted by Crippen LogP contribution is 2.23. The first-order valence-corrected chi connectivity index (χ1v) is 10.0. The normalized spacial score (nSPS) is 15.8. The third kappa shape index (κ3) is 4.15. The molecule has 5 nitrogen and oxygen atoms in total. The Kier molecular flexibility index (Phi) is 5.58. The summed E-state index contributed by atoms with van der Waals surface area (Å²) in [6.45, 7) is 4.54. The standard InChI is InChI=1S/C24H25N3O2/c1-18(23(28)25-22-13-7-11-19-8-5-6-12-21(19)22)26-14-16-27(17-15-26)24(29)20-9-3-2-4-10-20/h2-13,18H,14-17H2,1H3,(H,25,28)/t18-/m1/s1. The van der Waals surface area contributed by atoms with E-state index in [1.54, 1.807) is 0 Å². The maximum absolute atomic E-state index is 12.9. The molecule has 1 saturated heterocycles. The minimum atomic E-state index is -0.261. The van der Waals surface area contributed by atoms with Crippen molar-refractivity contribution in [2.45, 2.75) is 13.0 Å². The Morgan fingerprint density at radius 3 is 2.24 bits per heavy atom. The Morgan fingerprint density at radius 1 is 0.828 bits per heavy atom. The number of hydrogen-bond acceptors (Lipinski definition) is 3. The molecule has 1 atom stereocenters. The van der Waals surface area contributed by atoms with Gasteiger partial charge in [0.15, 0.2) is 0 Å². The number of nitrogens with one attached hydrogen (secondary N) is 1. The van der Waals surface area contributed by atoms with E-state index in [0.29, 0.717) is 31.7 Å². The van der Waals surface area contributed by atoms with Gasteiger partial charge in [0.2, 0.25) is 5.91 Å². The average molecular weight is 387 g/mol. The maximum atomic E-state index is 12.9. The van der Waals surface area contributed by atoms with Crippen LogP contribution in [0.1, 0.15) is 17.3 Å². The second kappa shape index (κ2) is 8.45. The summed E-state index contributed by atoms with van der Waals surface area (Å²) in [6, 6.07) is 23.0. The van der Waals surface area contributed by atoms with E-state index in [9.17, 15) is 9.59 Å². The number of nitrogens with zero attached hydrogens (tertiary/aromatic N) is 2. The second-order valence-electron chi connectivity index (χ2n) is 7.39. The van der Waals surface area contributed by atoms with Gasteiger partial charge in [0, 0.05) is 42.8 Å². The van der Waals surface area contributed by atoms with E-state index < -0.39 is 0 Å². The lowest BCUT2D eigenvalue weighted by Gasteiger charge is -2.37. The molecule has 2 amide bonds. The lowest BCUT2D eigenvalue weighted by Crippen LogP contribution is -2.54. The van der Waals surface area contributed by atoms with Crippen LogP contribution in [0.25, 0.3) is 10.8 Å². The van der Waals surface area contributed by atoms with Gasteiger partial charge in [0.05, 0.1) is 6.04 Å². The number of benzene rings is 3. The first-order chi connectivity index (χ1) is 14.1. The quantitative estimate of drug-likeness (QED) is 0.744. The fourth-order valence-electron chi connectivity index (χ4n) is 3.81. The minimum Gasteiger partial charge on any atom is -0.336 e. The number of amides is 2. The van der Waals surface area contributed by atoms with Gasteiger partial charge in [0.1, 0.15) is 0 Å². The third-order valence-electron chi connectivity index (χ3n) is 5.60. The van der Waals surface area contributed by atoms with E-state index in [1.807, 2.05) is 84.6 Å². The lowest BCUT2D eigenvalue weighted by atomic mass is 10.1. The van der Waals surface area contributed by atoms with Gasteiger partial charge < -0.3 is 10.2 Å². The van der Waals surface area contributed by atoms with Crippen LogP contribution in [0.2, 0.25) is 0 Å². The van der Waals surface area contributed by atoms with Crippen LogP contribution in [0.5, 0.6) is 0 Å². The van der Waals surface area contributed by atoms with Crippen LogP contribution in [0, 0.1) is 0 Å². The summed E-state index contributed by atoms with van der Waals surface area (Å²) >= 11 is 0. The summed E-state index contributed by atoms with van der Waals surface area (Å²) < 4.78 is 0. The van der Waals surface area contributed by atoms with E-state index in [2.05, 4.69) is 10.2 Å². The molecule has 29 heavy (non-hydrogen) atoms. The van der Waals surface area contributed by atoms with Gasteiger partial charge >= 0.3 is 0 Å². The summed E-state index contributed by atoms with van der Waals surface area (Å²) in [4.78, 5) is 29.5. The topological polar surface area (TPSA) is 52.7 Å². The summed E-state index contributed by atoms with van der Waals surface area (Å²) in [7, 11) is 0. The van der Waals surface area contributed by atoms with Crippen molar-refractivity contribution < 1.29 is 9.59 Å². The predicted octanol–water partition coefficient (Wildman–Crippen LogP) is 3.62. The van der Waals surface area contributed by atoms with Gasteiger partial charge in [-0.25, -0.2) is 0 Å². The Balaban J connectivity index is 1.37. The molecule has 4 rings (SSSR count). The van der Waals surface area contributed by atoms with Gasteiger partial charge in [-0.3, -0.25) is 14.5 Å². The second-order valence-corrected chi connectivity index (χ2v) is 7.39. The molecule has 5 heteroatoms. The van der Waals surface area contributed by atoms with Crippen molar-refractivity contribution in [3.8, 4) is 0 Å². The predicted molar refractivity (Wildman–Crippen MR) is 116 cm³/mol. The van der Waals surface area contributed by atoms with E-state index in [4.69, 9.17) is 0 Å². The molecule has 0 saturated carbocycles. The molecule has 3 aromatic rings. The summed E-state index contributed by atoms with van der Waals surface area (Å²) in [5.74, 6) is 0.0299. The fourth-order valence-corrected chi connectivity index (χ4v) is 3.81. The van der Waals surface area contributed by atoms with Crippen molar-refractivity contribution in [2.75, 3.05) is 31.5 Å². The monoisotopic (exact) mass is 387 g/mol. The molecule has 1 aliphatic rings. The van der Waals surface area contributed by atoms with Crippen molar-refractivity contribution in [3.05, 3.63) is 78.4 Å². The average Bonchev–Trinajstić information content (AvgIpc) is 2.79. The fraction of sp³-hybridized carbons (Fsp3) is 0.250. The van der Waals surface area contributed by atoms with Crippen molar-refractivity contribution in [1.29, 1.82) is 0 Å². The number of carbonyl (C=O) groups excluding carboxylic acids is 2. The molecular weight excluding hydrogens is 362 g/mol. The van der Waals surface area contributed by atoms with E-state index >= 15 is 0 Å². The van der Waals surface area contributed by atoms with Crippen LogP contribution in [-0.4, -0.2) is 53.8 Å². The molecule has 1 aliphatic heterocycles. The molecule has 1 fully saturated rings. The first-order valence-electron chi connectivity index (χ1n) is 10.0. The number of anilines is 1. The van der Waals surface area contributed by atoms with Crippen molar-refractivity contribution >= 4 is 28.3 Å². The summed E-state index contributed by atoms with van der Waals surface area (Å²) in [5.41, 5.74) is 1.54. The van der Waals surface area contributed by atoms with Crippen molar-refractivity contribution in [2.24, 2.45) is 0 Å². The van der Waals surface area contributed by atoms with Gasteiger partial charge in [-0.05, 0) is 30.5 Å². The first kappa shape index (κ1) is 19.2. The Bertz CT molecular complexity index is 1010. The molecular formula is C24H25N3O2. The molecule has 1 heterocycles. The third-order valence-corrected chi connectivity index (χ3v) is 5.60. The van der Waals surface area contributed by atoms with Crippen molar-refractivity contribution in [1.82, 2.24) is 9.80 Å². The van der Waals surface area contributed by atoms with Gasteiger partial charge in [-0.1, -0.05) is 54.6 Å². The van der Waals surface area contributed by atoms with Crippen LogP contribution in [-0.2, 0) is 4.79 Å². The molecule has 0 aliphatic carbocycles. The van der Waals surface area contributed by atoms with Gasteiger partial charge in [-0.15, -0.1) is 0 Å². The van der Waals surface area contributed by atoms with Gasteiger partial charge in [0.25, 0.3) is 5.91 Å². The Labute approximate surface area is 170 Å². The molecule has 0 bridgehead atoms. The zero-order valence-electron chi connectivity index (χ0n) is 16.5. The van der Waals surface area contributed by atoms with Crippen LogP contribution < -0.4 is 5.32 Å². The highest BCUT2D eigenvalue weighted by molar-refractivity contribution is 6.03. The SMILES string of the molecule is C[C@H](C(=O)Nc1cccc2ccccc12)N1CCN(C(=O)c2ccccc2)CC1. The number of piperazine rings is 1. The molecule has 0 aromatic heterocycles. The van der Waals surface area contributed by atoms with Gasteiger partial charge in [-0.2, -0.15) is 0 Å². The summed E-state index contributed by atoms with van der Waals surface area (Å²) in [5, 5.41) is 5.22. The zero-order valence-corrected chi connectivity index (χ0v) is 16.5. The minimum absolute atomic E-state index is 0.0239. The summed E-state index contributed by atoms with van der Waals surface area (Å²) in [6.07, 6.45) is 0. The Morgan fingerprint density at radius 2 is 1.48 bits per heavy atom. The van der Waals surface area contributed by atoms with E-state index in [1.165, 1.54) is 0 Å². The van der Waals surface area contributed by atoms with E-state index in [-0.39, 0.29) is 17.9 Å². The number of carbonyl (C=O) groups is 2. The van der Waals surface area contributed by atoms with Crippen molar-refractivity contribution in [3.63, 3.8) is 0 Å². The number of rotatable bonds is 4. The lowest BCUT2D eigenvalue weighted by molar-refractivity contribution is -0.121. The molecule has 3 aromatic carbocycles. The van der Waals surface area contributed by atoms with Crippen LogP contribution >= 0.6 is 0 Å². The maximum Gasteiger partial charge on any atom is 0.253 e. The van der Waals surface area contributed by atoms with Crippen LogP contribution in [0.4, 0.5) is 5.69 Å². The van der Waals surface area contributed by atoms with Crippen LogP contribution in [0.3, 0.4) is 0 Å². The number of hydrogen-bond donors (Lipinski definition) is 1. The Hall–Kier alpha value is -3.18. The number of fused-ring (bicyclic) bond motifs is 1. The highest BCUT2D eigenvalue weighted by Gasteiger charge is 2.28. The molecule has 0 unspecified atom stereocenters. The molecule has 0 radical (unpaired) electrons. The van der Waals surface area contributed by atoms with E-state index in [0.717, 1.165) is 16.5 Å². The molecule has 0 spiro atoms. The van der Waals surface area contributed by atoms with Crippen LogP contribution in [0.15, 0.2) is 72.8 Å². The largest absolute Gasteiger partial charge is 0.336 e. The highest BCUT2D eigenvalue weighted by atomic mass is 16.2.